The summed E-state index contributed by atoms with van der Waals surface area (Å²) in [4.78, 5) is 32.9. The van der Waals surface area contributed by atoms with Crippen LogP contribution in [0.4, 0.5) is 5.69 Å². The number of fused-ring (bicyclic) bond motifs is 1. The van der Waals surface area contributed by atoms with Crippen LogP contribution in [0.1, 0.15) is 0 Å². The van der Waals surface area contributed by atoms with E-state index in [4.69, 9.17) is 9.84 Å². The quantitative estimate of drug-likeness (QED) is 0.566. The molecule has 8 heteroatoms. The van der Waals surface area contributed by atoms with Crippen molar-refractivity contribution in [1.82, 2.24) is 14.9 Å². The summed E-state index contributed by atoms with van der Waals surface area (Å²) < 4.78 is 5.25. The second-order valence-corrected chi connectivity index (χ2v) is 6.25. The number of aromatic nitrogens is 2. The van der Waals surface area contributed by atoms with Gasteiger partial charge in [-0.3, -0.25) is 14.5 Å². The number of anilines is 1. The number of benzene rings is 2. The predicted octanol–water partition coefficient (Wildman–Crippen LogP) is 1.90. The standard InChI is InChI=1S/C20H18N4O4/c1-28-14-4-2-3-12(9-14)19-22-15-6-5-13(10-16(15)23-19)21-17-11-18(26)24(7-8-25)20(17)27/h2-6,9-11,21,25H,7-8H2,1H3,(H,22,23). The largest absolute Gasteiger partial charge is 0.497 e. The summed E-state index contributed by atoms with van der Waals surface area (Å²) in [6.07, 6.45) is 1.23. The van der Waals surface area contributed by atoms with Crippen LogP contribution in [0.3, 0.4) is 0 Å². The molecule has 1 aromatic heterocycles. The van der Waals surface area contributed by atoms with Gasteiger partial charge in [0.2, 0.25) is 0 Å². The molecule has 0 atom stereocenters. The lowest BCUT2D eigenvalue weighted by Gasteiger charge is -2.13. The maximum Gasteiger partial charge on any atom is 0.277 e. The number of H-pyrrole nitrogens is 1. The topological polar surface area (TPSA) is 108 Å². The molecule has 2 aromatic carbocycles. The van der Waals surface area contributed by atoms with E-state index in [1.165, 1.54) is 6.08 Å². The van der Waals surface area contributed by atoms with Gasteiger partial charge in [-0.05, 0) is 30.3 Å². The number of ether oxygens (including phenoxy) is 1. The number of methoxy groups -OCH3 is 1. The van der Waals surface area contributed by atoms with Crippen molar-refractivity contribution in [2.24, 2.45) is 0 Å². The SMILES string of the molecule is COc1cccc(-c2nc3ccc(NC4=CC(=O)N(CCO)C4=O)cc3[nH]2)c1. The van der Waals surface area contributed by atoms with Gasteiger partial charge in [0.05, 0.1) is 31.3 Å². The Morgan fingerprint density at radius 1 is 1.21 bits per heavy atom. The van der Waals surface area contributed by atoms with Crippen LogP contribution in [0, 0.1) is 0 Å². The van der Waals surface area contributed by atoms with Crippen molar-refractivity contribution in [3.63, 3.8) is 0 Å². The van der Waals surface area contributed by atoms with E-state index >= 15 is 0 Å². The molecule has 0 bridgehead atoms. The number of β-amino-alcohol motifs (C(OH)–C–C–N with tert-alkyl or cyclic N) is 1. The van der Waals surface area contributed by atoms with Crippen molar-refractivity contribution in [3.8, 4) is 17.1 Å². The zero-order chi connectivity index (χ0) is 19.7. The lowest BCUT2D eigenvalue weighted by atomic mass is 10.2. The normalized spacial score (nSPS) is 13.9. The van der Waals surface area contributed by atoms with Crippen molar-refractivity contribution in [2.75, 3.05) is 25.6 Å². The van der Waals surface area contributed by atoms with Crippen LogP contribution in [0.25, 0.3) is 22.4 Å². The number of imide groups is 1. The Balaban J connectivity index is 1.59. The van der Waals surface area contributed by atoms with E-state index in [0.29, 0.717) is 11.5 Å². The molecular weight excluding hydrogens is 360 g/mol. The van der Waals surface area contributed by atoms with Gasteiger partial charge in [0.1, 0.15) is 17.3 Å². The molecule has 0 radical (unpaired) electrons. The molecule has 0 saturated heterocycles. The third-order valence-electron chi connectivity index (χ3n) is 4.44. The Hall–Kier alpha value is -3.65. The third kappa shape index (κ3) is 3.21. The Morgan fingerprint density at radius 3 is 2.86 bits per heavy atom. The van der Waals surface area contributed by atoms with E-state index in [9.17, 15) is 9.59 Å². The zero-order valence-electron chi connectivity index (χ0n) is 15.1. The number of imidazole rings is 1. The fourth-order valence-corrected chi connectivity index (χ4v) is 3.06. The molecule has 0 fully saturated rings. The van der Waals surface area contributed by atoms with Crippen molar-refractivity contribution < 1.29 is 19.4 Å². The predicted molar refractivity (Wildman–Crippen MR) is 104 cm³/mol. The van der Waals surface area contributed by atoms with Crippen LogP contribution in [-0.4, -0.2) is 52.1 Å². The van der Waals surface area contributed by atoms with Crippen LogP contribution in [-0.2, 0) is 9.59 Å². The summed E-state index contributed by atoms with van der Waals surface area (Å²) in [6.45, 7) is -0.297. The van der Waals surface area contributed by atoms with Crippen LogP contribution >= 0.6 is 0 Å². The highest BCUT2D eigenvalue weighted by Crippen LogP contribution is 2.26. The minimum absolute atomic E-state index is 0.0250. The monoisotopic (exact) mass is 378 g/mol. The Morgan fingerprint density at radius 2 is 2.07 bits per heavy atom. The van der Waals surface area contributed by atoms with Gasteiger partial charge < -0.3 is 20.1 Å². The first-order valence-electron chi connectivity index (χ1n) is 8.68. The molecule has 2 amide bonds. The average molecular weight is 378 g/mol. The molecule has 0 spiro atoms. The molecule has 8 nitrogen and oxygen atoms in total. The Kier molecular flexibility index (Phi) is 4.54. The molecule has 0 unspecified atom stereocenters. The fourth-order valence-electron chi connectivity index (χ4n) is 3.06. The maximum absolute atomic E-state index is 12.3. The lowest BCUT2D eigenvalue weighted by Crippen LogP contribution is -2.34. The highest BCUT2D eigenvalue weighted by Gasteiger charge is 2.30. The Bertz CT molecular complexity index is 1100. The van der Waals surface area contributed by atoms with Gasteiger partial charge >= 0.3 is 0 Å². The molecule has 1 aliphatic heterocycles. The first kappa shape index (κ1) is 17.7. The highest BCUT2D eigenvalue weighted by atomic mass is 16.5. The summed E-state index contributed by atoms with van der Waals surface area (Å²) >= 11 is 0. The Labute approximate surface area is 160 Å². The molecular formula is C20H18N4O4. The summed E-state index contributed by atoms with van der Waals surface area (Å²) in [5, 5.41) is 11.9. The number of aromatic amines is 1. The minimum atomic E-state index is -0.458. The van der Waals surface area contributed by atoms with E-state index in [1.54, 1.807) is 13.2 Å². The third-order valence-corrected chi connectivity index (χ3v) is 4.44. The van der Waals surface area contributed by atoms with E-state index < -0.39 is 11.8 Å². The summed E-state index contributed by atoms with van der Waals surface area (Å²) in [7, 11) is 1.61. The number of nitrogens with zero attached hydrogens (tertiary/aromatic N) is 2. The number of amides is 2. The molecule has 1 aliphatic rings. The zero-order valence-corrected chi connectivity index (χ0v) is 15.1. The van der Waals surface area contributed by atoms with Crippen LogP contribution in [0.2, 0.25) is 0 Å². The number of aliphatic hydroxyl groups is 1. The number of nitrogens with one attached hydrogen (secondary N) is 2. The highest BCUT2D eigenvalue weighted by molar-refractivity contribution is 6.17. The van der Waals surface area contributed by atoms with Crippen molar-refractivity contribution in [2.45, 2.75) is 0 Å². The molecule has 3 aromatic rings. The van der Waals surface area contributed by atoms with Gasteiger partial charge in [0, 0.05) is 17.3 Å². The lowest BCUT2D eigenvalue weighted by molar-refractivity contribution is -0.137. The number of rotatable bonds is 6. The summed E-state index contributed by atoms with van der Waals surface area (Å²) in [5.41, 5.74) is 3.27. The van der Waals surface area contributed by atoms with E-state index in [-0.39, 0.29) is 18.8 Å². The van der Waals surface area contributed by atoms with Crippen molar-refractivity contribution in [3.05, 3.63) is 54.2 Å². The minimum Gasteiger partial charge on any atom is -0.497 e. The van der Waals surface area contributed by atoms with E-state index in [2.05, 4.69) is 15.3 Å². The van der Waals surface area contributed by atoms with Gasteiger partial charge in [0.25, 0.3) is 11.8 Å². The smallest absolute Gasteiger partial charge is 0.277 e. The van der Waals surface area contributed by atoms with Gasteiger partial charge in [-0.2, -0.15) is 0 Å². The summed E-state index contributed by atoms with van der Waals surface area (Å²) in [6, 6.07) is 13.0. The number of aliphatic hydroxyl groups excluding tert-OH is 1. The first-order valence-corrected chi connectivity index (χ1v) is 8.68. The van der Waals surface area contributed by atoms with E-state index in [0.717, 1.165) is 27.2 Å². The van der Waals surface area contributed by atoms with Crippen molar-refractivity contribution >= 4 is 28.5 Å². The second kappa shape index (κ2) is 7.16. The van der Waals surface area contributed by atoms with Gasteiger partial charge in [-0.25, -0.2) is 4.98 Å². The number of hydrogen-bond donors (Lipinski definition) is 3. The molecule has 3 N–H and O–H groups in total. The fraction of sp³-hybridized carbons (Fsp3) is 0.150. The molecule has 142 valence electrons. The number of hydrogen-bond acceptors (Lipinski definition) is 6. The van der Waals surface area contributed by atoms with Crippen LogP contribution < -0.4 is 10.1 Å². The number of carbonyl (C=O) groups excluding carboxylic acids is 2. The van der Waals surface area contributed by atoms with Gasteiger partial charge in [0.15, 0.2) is 0 Å². The molecule has 28 heavy (non-hydrogen) atoms. The van der Waals surface area contributed by atoms with Gasteiger partial charge in [-0.15, -0.1) is 0 Å². The molecule has 0 saturated carbocycles. The van der Waals surface area contributed by atoms with Crippen LogP contribution in [0.5, 0.6) is 5.75 Å². The number of carbonyl (C=O) groups is 2. The first-order chi connectivity index (χ1) is 13.6. The average Bonchev–Trinajstić information content (AvgIpc) is 3.24. The van der Waals surface area contributed by atoms with Crippen molar-refractivity contribution in [1.29, 1.82) is 0 Å². The van der Waals surface area contributed by atoms with E-state index in [1.807, 2.05) is 36.4 Å². The molecule has 2 heterocycles. The molecule has 0 aliphatic carbocycles. The van der Waals surface area contributed by atoms with Crippen LogP contribution in [0.15, 0.2) is 54.2 Å². The maximum atomic E-state index is 12.3. The van der Waals surface area contributed by atoms with Gasteiger partial charge in [-0.1, -0.05) is 12.1 Å². The second-order valence-electron chi connectivity index (χ2n) is 6.25. The summed E-state index contributed by atoms with van der Waals surface area (Å²) in [5.74, 6) is 0.543. The molecule has 4 rings (SSSR count).